The van der Waals surface area contributed by atoms with Crippen LogP contribution in [0.4, 0.5) is 0 Å². The number of fused-ring (bicyclic) bond motifs is 1. The molecule has 0 bridgehead atoms. The molecule has 24 heavy (non-hydrogen) atoms. The lowest BCUT2D eigenvalue weighted by Gasteiger charge is -2.02. The first kappa shape index (κ1) is 14.5. The lowest BCUT2D eigenvalue weighted by molar-refractivity contribution is 0.101. The van der Waals surface area contributed by atoms with Gasteiger partial charge in [0.2, 0.25) is 0 Å². The Bertz CT molecular complexity index is 1030. The maximum absolute atomic E-state index is 12.4. The van der Waals surface area contributed by atoms with E-state index in [2.05, 4.69) is 5.10 Å². The summed E-state index contributed by atoms with van der Waals surface area (Å²) < 4.78 is 3.83. The second-order valence-corrected chi connectivity index (χ2v) is 5.82. The Hall–Kier alpha value is -3.14. The van der Waals surface area contributed by atoms with E-state index in [-0.39, 0.29) is 5.78 Å². The first-order valence-corrected chi connectivity index (χ1v) is 7.89. The Kier molecular flexibility index (Phi) is 3.31. The van der Waals surface area contributed by atoms with Gasteiger partial charge in [0.25, 0.3) is 0 Å². The van der Waals surface area contributed by atoms with Crippen molar-refractivity contribution in [2.45, 2.75) is 13.8 Å². The normalized spacial score (nSPS) is 11.1. The average molecular weight is 315 g/mol. The molecule has 0 spiro atoms. The third-order valence-corrected chi connectivity index (χ3v) is 4.19. The summed E-state index contributed by atoms with van der Waals surface area (Å²) in [5, 5.41) is 4.63. The van der Waals surface area contributed by atoms with Gasteiger partial charge in [-0.1, -0.05) is 48.5 Å². The van der Waals surface area contributed by atoms with Crippen molar-refractivity contribution in [1.29, 1.82) is 0 Å². The zero-order valence-electron chi connectivity index (χ0n) is 13.6. The van der Waals surface area contributed by atoms with E-state index in [1.807, 2.05) is 82.7 Å². The molecule has 4 heteroatoms. The number of ketones is 1. The van der Waals surface area contributed by atoms with Gasteiger partial charge in [-0.2, -0.15) is 5.10 Å². The van der Waals surface area contributed by atoms with Gasteiger partial charge in [0, 0.05) is 12.5 Å². The minimum Gasteiger partial charge on any atom is -0.293 e. The molecule has 4 nitrogen and oxygen atoms in total. The highest BCUT2D eigenvalue weighted by molar-refractivity contribution is 6.01. The van der Waals surface area contributed by atoms with Gasteiger partial charge in [-0.05, 0) is 30.7 Å². The first-order valence-electron chi connectivity index (χ1n) is 7.89. The molecular formula is C20H17N3O. The number of hydrogen-bond donors (Lipinski definition) is 0. The topological polar surface area (TPSA) is 39.3 Å². The van der Waals surface area contributed by atoms with Gasteiger partial charge in [-0.25, -0.2) is 4.68 Å². The summed E-state index contributed by atoms with van der Waals surface area (Å²) in [7, 11) is 0. The molecule has 0 atom stereocenters. The van der Waals surface area contributed by atoms with Crippen LogP contribution in [0.2, 0.25) is 0 Å². The van der Waals surface area contributed by atoms with Crippen LogP contribution in [0.1, 0.15) is 23.2 Å². The number of carbonyl (C=O) groups is 1. The number of nitrogens with zero attached hydrogens (tertiary/aromatic N) is 3. The maximum Gasteiger partial charge on any atom is 0.177 e. The zero-order valence-corrected chi connectivity index (χ0v) is 13.6. The number of Topliss-reactive ketones (excluding diaryl/α,β-unsaturated/α-hetero) is 1. The Balaban J connectivity index is 2.06. The van der Waals surface area contributed by atoms with Gasteiger partial charge in [-0.15, -0.1) is 0 Å². The number of rotatable bonds is 3. The minimum absolute atomic E-state index is 0.0320. The molecule has 2 aromatic carbocycles. The number of aryl methyl sites for hydroxylation is 1. The van der Waals surface area contributed by atoms with Gasteiger partial charge in [0.1, 0.15) is 11.5 Å². The standard InChI is InChI=1S/C20H17N3O/c1-14(24)20-18(16-9-5-3-6-10-16)13-19-22(20)15(2)21-23(19)17-11-7-4-8-12-17/h3-13H,1-2H3. The Morgan fingerprint density at radius 1 is 0.958 bits per heavy atom. The van der Waals surface area contributed by atoms with Crippen LogP contribution in [-0.4, -0.2) is 20.0 Å². The van der Waals surface area contributed by atoms with E-state index in [0.717, 1.165) is 28.3 Å². The molecule has 0 amide bonds. The lowest BCUT2D eigenvalue weighted by atomic mass is 10.0. The molecule has 118 valence electrons. The average Bonchev–Trinajstić information content (AvgIpc) is 3.15. The van der Waals surface area contributed by atoms with E-state index in [9.17, 15) is 4.79 Å². The van der Waals surface area contributed by atoms with E-state index in [4.69, 9.17) is 0 Å². The van der Waals surface area contributed by atoms with E-state index < -0.39 is 0 Å². The second kappa shape index (κ2) is 5.49. The third-order valence-electron chi connectivity index (χ3n) is 4.19. The van der Waals surface area contributed by atoms with E-state index in [0.29, 0.717) is 5.69 Å². The van der Waals surface area contributed by atoms with Crippen LogP contribution in [0.15, 0.2) is 66.7 Å². The van der Waals surface area contributed by atoms with Crippen LogP contribution in [0.25, 0.3) is 22.5 Å². The molecule has 0 aliphatic rings. The summed E-state index contributed by atoms with van der Waals surface area (Å²) in [4.78, 5) is 12.4. The fourth-order valence-corrected chi connectivity index (χ4v) is 3.17. The van der Waals surface area contributed by atoms with Gasteiger partial charge in [0.05, 0.1) is 11.4 Å². The molecule has 0 fully saturated rings. The molecule has 2 aromatic heterocycles. The van der Waals surface area contributed by atoms with Gasteiger partial charge < -0.3 is 0 Å². The largest absolute Gasteiger partial charge is 0.293 e. The Morgan fingerprint density at radius 2 is 1.58 bits per heavy atom. The maximum atomic E-state index is 12.4. The number of hydrogen-bond acceptors (Lipinski definition) is 2. The van der Waals surface area contributed by atoms with E-state index in [1.54, 1.807) is 6.92 Å². The fraction of sp³-hybridized carbons (Fsp3) is 0.100. The van der Waals surface area contributed by atoms with Crippen molar-refractivity contribution in [3.05, 3.63) is 78.2 Å². The van der Waals surface area contributed by atoms with Crippen molar-refractivity contribution in [2.75, 3.05) is 0 Å². The highest BCUT2D eigenvalue weighted by Gasteiger charge is 2.21. The van der Waals surface area contributed by atoms with Crippen molar-refractivity contribution >= 4 is 11.4 Å². The second-order valence-electron chi connectivity index (χ2n) is 5.82. The van der Waals surface area contributed by atoms with Gasteiger partial charge in [-0.3, -0.25) is 9.20 Å². The highest BCUT2D eigenvalue weighted by Crippen LogP contribution is 2.30. The fourth-order valence-electron chi connectivity index (χ4n) is 3.17. The van der Waals surface area contributed by atoms with Crippen molar-refractivity contribution in [2.24, 2.45) is 0 Å². The molecule has 4 aromatic rings. The molecule has 0 aliphatic heterocycles. The zero-order chi connectivity index (χ0) is 16.7. The summed E-state index contributed by atoms with van der Waals surface area (Å²) in [5.41, 5.74) is 4.51. The SMILES string of the molecule is CC(=O)c1c(-c2ccccc2)cc2n(-c3ccccc3)nc(C)n12. The number of para-hydroxylation sites is 1. The molecule has 4 rings (SSSR count). The predicted molar refractivity (Wildman–Crippen MR) is 94.7 cm³/mol. The Labute approximate surface area is 140 Å². The quantitative estimate of drug-likeness (QED) is 0.529. The van der Waals surface area contributed by atoms with Crippen LogP contribution < -0.4 is 0 Å². The van der Waals surface area contributed by atoms with Crippen LogP contribution in [0.3, 0.4) is 0 Å². The summed E-state index contributed by atoms with van der Waals surface area (Å²) >= 11 is 0. The minimum atomic E-state index is 0.0320. The molecule has 0 aliphatic carbocycles. The molecule has 0 saturated carbocycles. The molecule has 0 N–H and O–H groups in total. The summed E-state index contributed by atoms with van der Waals surface area (Å²) in [6.45, 7) is 3.53. The smallest absolute Gasteiger partial charge is 0.177 e. The molecule has 2 heterocycles. The molecule has 0 radical (unpaired) electrons. The van der Waals surface area contributed by atoms with E-state index >= 15 is 0 Å². The van der Waals surface area contributed by atoms with Crippen molar-refractivity contribution in [3.8, 4) is 16.8 Å². The molecule has 0 unspecified atom stereocenters. The highest BCUT2D eigenvalue weighted by atomic mass is 16.1. The van der Waals surface area contributed by atoms with Crippen LogP contribution in [0, 0.1) is 6.92 Å². The van der Waals surface area contributed by atoms with E-state index in [1.165, 1.54) is 0 Å². The van der Waals surface area contributed by atoms with Crippen molar-refractivity contribution < 1.29 is 4.79 Å². The predicted octanol–water partition coefficient (Wildman–Crippen LogP) is 4.30. The van der Waals surface area contributed by atoms with Crippen LogP contribution >= 0.6 is 0 Å². The van der Waals surface area contributed by atoms with Crippen molar-refractivity contribution in [3.63, 3.8) is 0 Å². The number of benzene rings is 2. The number of carbonyl (C=O) groups excluding carboxylic acids is 1. The lowest BCUT2D eigenvalue weighted by Crippen LogP contribution is -2.01. The summed E-state index contributed by atoms with van der Waals surface area (Å²) in [5.74, 6) is 0.825. The summed E-state index contributed by atoms with van der Waals surface area (Å²) in [6.07, 6.45) is 0. The monoisotopic (exact) mass is 315 g/mol. The summed E-state index contributed by atoms with van der Waals surface area (Å²) in [6, 6.07) is 22.0. The third kappa shape index (κ3) is 2.15. The number of aromatic nitrogens is 3. The van der Waals surface area contributed by atoms with Gasteiger partial charge in [0.15, 0.2) is 5.78 Å². The first-order chi connectivity index (χ1) is 11.7. The van der Waals surface area contributed by atoms with Crippen LogP contribution in [-0.2, 0) is 0 Å². The van der Waals surface area contributed by atoms with Crippen molar-refractivity contribution in [1.82, 2.24) is 14.2 Å². The van der Waals surface area contributed by atoms with Gasteiger partial charge >= 0.3 is 0 Å². The van der Waals surface area contributed by atoms with Crippen LogP contribution in [0.5, 0.6) is 0 Å². The molecule has 0 saturated heterocycles. The Morgan fingerprint density at radius 3 is 2.21 bits per heavy atom. The molecular weight excluding hydrogens is 298 g/mol.